The normalized spacial score (nSPS) is 10.6. The largest absolute Gasteiger partial charge is 0.496 e. The lowest BCUT2D eigenvalue weighted by atomic mass is 10.1. The quantitative estimate of drug-likeness (QED) is 0.409. The van der Waals surface area contributed by atoms with E-state index in [0.717, 1.165) is 32.4 Å². The Kier molecular flexibility index (Phi) is 6.37. The third-order valence-corrected chi connectivity index (χ3v) is 5.71. The molecule has 0 bridgehead atoms. The maximum atomic E-state index is 11.8. The summed E-state index contributed by atoms with van der Waals surface area (Å²) in [6.07, 6.45) is 1.54. The van der Waals surface area contributed by atoms with Crippen molar-refractivity contribution in [2.24, 2.45) is 0 Å². The van der Waals surface area contributed by atoms with E-state index in [1.807, 2.05) is 36.4 Å². The van der Waals surface area contributed by atoms with Crippen molar-refractivity contribution in [2.75, 3.05) is 26.6 Å². The predicted molar refractivity (Wildman–Crippen MR) is 124 cm³/mol. The van der Waals surface area contributed by atoms with Crippen LogP contribution in [-0.4, -0.2) is 37.1 Å². The van der Waals surface area contributed by atoms with Gasteiger partial charge in [0, 0.05) is 31.9 Å². The summed E-state index contributed by atoms with van der Waals surface area (Å²) >= 11 is 1.52. The molecule has 0 aliphatic carbocycles. The molecule has 8 nitrogen and oxygen atoms in total. The summed E-state index contributed by atoms with van der Waals surface area (Å²) in [6, 6.07) is 14.7. The molecule has 0 fully saturated rings. The standard InChI is InChI=1S/C23H22N4O4S/c1-24-22(28)18-11-15(9-10-25-18)31-14-7-8-17-21(12-14)32-23(27-17)26-13-16-19(29-2)5-4-6-20(16)30-3/h4-12H,13H2,1-3H3,(H,24,28)(H,26,27). The van der Waals surface area contributed by atoms with E-state index in [0.29, 0.717) is 23.7 Å². The van der Waals surface area contributed by atoms with Crippen LogP contribution >= 0.6 is 11.3 Å². The smallest absolute Gasteiger partial charge is 0.269 e. The molecule has 9 heteroatoms. The number of benzene rings is 2. The summed E-state index contributed by atoms with van der Waals surface area (Å²) in [5.41, 5.74) is 2.07. The highest BCUT2D eigenvalue weighted by Crippen LogP contribution is 2.33. The van der Waals surface area contributed by atoms with Gasteiger partial charge in [-0.1, -0.05) is 17.4 Å². The molecule has 164 valence electrons. The molecule has 0 unspecified atom stereocenters. The Balaban J connectivity index is 1.51. The minimum absolute atomic E-state index is 0.268. The second kappa shape index (κ2) is 9.52. The lowest BCUT2D eigenvalue weighted by Gasteiger charge is -2.13. The lowest BCUT2D eigenvalue weighted by molar-refractivity contribution is 0.0958. The number of amides is 1. The predicted octanol–water partition coefficient (Wildman–Crippen LogP) is 4.47. The first-order valence-electron chi connectivity index (χ1n) is 9.81. The molecule has 0 aliphatic rings. The van der Waals surface area contributed by atoms with Gasteiger partial charge in [0.25, 0.3) is 5.91 Å². The van der Waals surface area contributed by atoms with Gasteiger partial charge in [-0.3, -0.25) is 9.78 Å². The number of hydrogen-bond acceptors (Lipinski definition) is 8. The van der Waals surface area contributed by atoms with Crippen molar-refractivity contribution in [1.82, 2.24) is 15.3 Å². The Hall–Kier alpha value is -3.85. The number of ether oxygens (including phenoxy) is 3. The van der Waals surface area contributed by atoms with Crippen molar-refractivity contribution in [2.45, 2.75) is 6.54 Å². The minimum atomic E-state index is -0.268. The summed E-state index contributed by atoms with van der Waals surface area (Å²) < 4.78 is 17.8. The van der Waals surface area contributed by atoms with Crippen molar-refractivity contribution in [3.05, 3.63) is 66.0 Å². The maximum absolute atomic E-state index is 11.8. The Bertz CT molecular complexity index is 1240. The average Bonchev–Trinajstić information content (AvgIpc) is 3.24. The molecule has 2 N–H and O–H groups in total. The topological polar surface area (TPSA) is 94.6 Å². The van der Waals surface area contributed by atoms with Crippen molar-refractivity contribution >= 4 is 32.6 Å². The van der Waals surface area contributed by atoms with Crippen LogP contribution in [0.4, 0.5) is 5.13 Å². The number of carbonyl (C=O) groups excluding carboxylic acids is 1. The lowest BCUT2D eigenvalue weighted by Crippen LogP contribution is -2.18. The summed E-state index contributed by atoms with van der Waals surface area (Å²) in [5, 5.41) is 6.67. The van der Waals surface area contributed by atoms with E-state index in [-0.39, 0.29) is 5.91 Å². The highest BCUT2D eigenvalue weighted by Gasteiger charge is 2.12. The average molecular weight is 451 g/mol. The Morgan fingerprint density at radius 1 is 1.03 bits per heavy atom. The molecule has 0 saturated carbocycles. The van der Waals surface area contributed by atoms with E-state index in [2.05, 4.69) is 20.6 Å². The van der Waals surface area contributed by atoms with E-state index in [9.17, 15) is 4.79 Å². The van der Waals surface area contributed by atoms with Gasteiger partial charge in [0.2, 0.25) is 0 Å². The van der Waals surface area contributed by atoms with Gasteiger partial charge in [-0.25, -0.2) is 4.98 Å². The van der Waals surface area contributed by atoms with Gasteiger partial charge in [-0.2, -0.15) is 0 Å². The zero-order valence-electron chi connectivity index (χ0n) is 17.8. The Morgan fingerprint density at radius 3 is 2.50 bits per heavy atom. The molecular weight excluding hydrogens is 428 g/mol. The number of carbonyl (C=O) groups is 1. The second-order valence-electron chi connectivity index (χ2n) is 6.70. The number of rotatable bonds is 8. The monoisotopic (exact) mass is 450 g/mol. The molecule has 0 aliphatic heterocycles. The van der Waals surface area contributed by atoms with Crippen LogP contribution in [0.2, 0.25) is 0 Å². The van der Waals surface area contributed by atoms with Crippen LogP contribution in [0.5, 0.6) is 23.0 Å². The molecule has 1 amide bonds. The zero-order valence-corrected chi connectivity index (χ0v) is 18.7. The fourth-order valence-corrected chi connectivity index (χ4v) is 4.06. The van der Waals surface area contributed by atoms with Crippen molar-refractivity contribution < 1.29 is 19.0 Å². The highest BCUT2D eigenvalue weighted by molar-refractivity contribution is 7.22. The molecule has 4 aromatic rings. The summed E-state index contributed by atoms with van der Waals surface area (Å²) in [4.78, 5) is 20.5. The third kappa shape index (κ3) is 4.57. The maximum Gasteiger partial charge on any atom is 0.269 e. The first-order valence-corrected chi connectivity index (χ1v) is 10.6. The van der Waals surface area contributed by atoms with E-state index >= 15 is 0 Å². The summed E-state index contributed by atoms with van der Waals surface area (Å²) in [7, 11) is 4.83. The van der Waals surface area contributed by atoms with E-state index in [1.165, 1.54) is 11.3 Å². The van der Waals surface area contributed by atoms with Crippen LogP contribution in [0, 0.1) is 0 Å². The van der Waals surface area contributed by atoms with Crippen LogP contribution in [0.3, 0.4) is 0 Å². The fraction of sp³-hybridized carbons (Fsp3) is 0.174. The van der Waals surface area contributed by atoms with Crippen LogP contribution in [-0.2, 0) is 6.54 Å². The van der Waals surface area contributed by atoms with Gasteiger partial charge >= 0.3 is 0 Å². The molecular formula is C23H22N4O4S. The molecule has 2 aromatic heterocycles. The number of fused-ring (bicyclic) bond motifs is 1. The van der Waals surface area contributed by atoms with E-state index < -0.39 is 0 Å². The third-order valence-electron chi connectivity index (χ3n) is 4.73. The first-order chi connectivity index (χ1) is 15.6. The fourth-order valence-electron chi connectivity index (χ4n) is 3.17. The van der Waals surface area contributed by atoms with Crippen LogP contribution in [0.15, 0.2) is 54.7 Å². The van der Waals surface area contributed by atoms with Gasteiger partial charge in [0.1, 0.15) is 28.7 Å². The van der Waals surface area contributed by atoms with Crippen molar-refractivity contribution in [3.8, 4) is 23.0 Å². The van der Waals surface area contributed by atoms with Gasteiger partial charge in [0.15, 0.2) is 5.13 Å². The highest BCUT2D eigenvalue weighted by atomic mass is 32.1. The number of hydrogen-bond donors (Lipinski definition) is 2. The number of aromatic nitrogens is 2. The molecule has 32 heavy (non-hydrogen) atoms. The molecule has 2 aromatic carbocycles. The van der Waals surface area contributed by atoms with Gasteiger partial charge < -0.3 is 24.8 Å². The number of pyridine rings is 1. The number of nitrogens with one attached hydrogen (secondary N) is 2. The molecule has 0 saturated heterocycles. The molecule has 0 spiro atoms. The van der Waals surface area contributed by atoms with E-state index in [1.54, 1.807) is 39.6 Å². The molecule has 2 heterocycles. The number of thiazole rings is 1. The van der Waals surface area contributed by atoms with Gasteiger partial charge in [0.05, 0.1) is 30.0 Å². The van der Waals surface area contributed by atoms with Crippen LogP contribution < -0.4 is 24.8 Å². The van der Waals surface area contributed by atoms with Crippen LogP contribution in [0.1, 0.15) is 16.1 Å². The van der Waals surface area contributed by atoms with Crippen molar-refractivity contribution in [1.29, 1.82) is 0 Å². The number of anilines is 1. The minimum Gasteiger partial charge on any atom is -0.496 e. The molecule has 0 radical (unpaired) electrons. The van der Waals surface area contributed by atoms with Crippen LogP contribution in [0.25, 0.3) is 10.2 Å². The Morgan fingerprint density at radius 2 is 1.78 bits per heavy atom. The van der Waals surface area contributed by atoms with Gasteiger partial charge in [-0.05, 0) is 30.3 Å². The summed E-state index contributed by atoms with van der Waals surface area (Å²) in [5.74, 6) is 2.41. The molecule has 4 rings (SSSR count). The zero-order chi connectivity index (χ0) is 22.5. The SMILES string of the molecule is CNC(=O)c1cc(Oc2ccc3nc(NCc4c(OC)cccc4OC)sc3c2)ccn1. The molecule has 0 atom stereocenters. The number of nitrogens with zero attached hydrogens (tertiary/aromatic N) is 2. The van der Waals surface area contributed by atoms with Crippen molar-refractivity contribution in [3.63, 3.8) is 0 Å². The Labute approximate surface area is 189 Å². The first kappa shape index (κ1) is 21.4. The van der Waals surface area contributed by atoms with E-state index in [4.69, 9.17) is 14.2 Å². The number of methoxy groups -OCH3 is 2. The second-order valence-corrected chi connectivity index (χ2v) is 7.73. The van der Waals surface area contributed by atoms with Gasteiger partial charge in [-0.15, -0.1) is 0 Å². The summed E-state index contributed by atoms with van der Waals surface area (Å²) in [6.45, 7) is 0.510.